The molecule has 114 valence electrons. The van der Waals surface area contributed by atoms with E-state index in [1.807, 2.05) is 36.7 Å². The summed E-state index contributed by atoms with van der Waals surface area (Å²) in [5.74, 6) is 0.686. The summed E-state index contributed by atoms with van der Waals surface area (Å²) in [5, 5.41) is 0. The van der Waals surface area contributed by atoms with Crippen LogP contribution in [0.2, 0.25) is 0 Å². The predicted octanol–water partition coefficient (Wildman–Crippen LogP) is 1.34. The molecule has 0 bridgehead atoms. The fourth-order valence-electron chi connectivity index (χ4n) is 2.45. The van der Waals surface area contributed by atoms with E-state index >= 15 is 0 Å². The van der Waals surface area contributed by atoms with Gasteiger partial charge in [-0.1, -0.05) is 6.92 Å². The molecule has 3 aromatic rings. The third-order valence-electron chi connectivity index (χ3n) is 3.62. The summed E-state index contributed by atoms with van der Waals surface area (Å²) < 4.78 is 1.93. The van der Waals surface area contributed by atoms with E-state index in [4.69, 9.17) is 0 Å². The molecule has 0 radical (unpaired) electrons. The van der Waals surface area contributed by atoms with Gasteiger partial charge in [-0.25, -0.2) is 9.78 Å². The number of aromatic nitrogens is 4. The van der Waals surface area contributed by atoms with Crippen molar-refractivity contribution in [3.63, 3.8) is 0 Å². The van der Waals surface area contributed by atoms with E-state index in [0.29, 0.717) is 23.4 Å². The van der Waals surface area contributed by atoms with E-state index in [9.17, 15) is 9.59 Å². The van der Waals surface area contributed by atoms with Crippen LogP contribution in [0.3, 0.4) is 0 Å². The zero-order valence-electron chi connectivity index (χ0n) is 12.4. The Labute approximate surface area is 155 Å². The van der Waals surface area contributed by atoms with Crippen LogP contribution in [0.4, 0.5) is 0 Å². The Kier molecular flexibility index (Phi) is 5.41. The molecule has 0 unspecified atom stereocenters. The summed E-state index contributed by atoms with van der Waals surface area (Å²) in [5.41, 5.74) is 2.07. The number of nitrogens with one attached hydrogen (secondary N) is 2. The van der Waals surface area contributed by atoms with Gasteiger partial charge in [0.05, 0.1) is 0 Å². The maximum atomic E-state index is 12.5. The number of benzene rings is 1. The number of ketones is 1. The first-order valence-corrected chi connectivity index (χ1v) is 7.06. The third-order valence-corrected chi connectivity index (χ3v) is 3.62. The number of aryl methyl sites for hydroxylation is 2. The van der Waals surface area contributed by atoms with E-state index in [1.165, 1.54) is 0 Å². The van der Waals surface area contributed by atoms with Crippen LogP contribution in [0.5, 0.6) is 0 Å². The monoisotopic (exact) mass is 320 g/mol. The topological polar surface area (TPSA) is 83.5 Å². The maximum absolute atomic E-state index is 12.5. The molecule has 2 heterocycles. The van der Waals surface area contributed by atoms with Gasteiger partial charge in [0.15, 0.2) is 0 Å². The van der Waals surface area contributed by atoms with Crippen molar-refractivity contribution in [3.05, 3.63) is 69.9 Å². The summed E-state index contributed by atoms with van der Waals surface area (Å²) >= 11 is 0. The van der Waals surface area contributed by atoms with Gasteiger partial charge in [-0.3, -0.25) is 4.79 Å². The second kappa shape index (κ2) is 7.12. The van der Waals surface area contributed by atoms with Crippen LogP contribution < -0.4 is 5.69 Å². The number of hydrogen-bond donors (Lipinski definition) is 2. The Bertz CT molecular complexity index is 874. The van der Waals surface area contributed by atoms with E-state index in [-0.39, 0.29) is 41.0 Å². The summed E-state index contributed by atoms with van der Waals surface area (Å²) in [6.45, 7) is 3.80. The standard InChI is InChI=1S/C16H16N4O2.Na.H/c1-3-13-14(19-16(22)18-13)15(21)11-4-6-12(7-5-11)20-9-8-17-10(20)2;;/h4-9H,3H2,1-2H3,(H2,18,19,22);;. The Hall–Kier alpha value is -1.89. The molecule has 0 atom stereocenters. The molecular weight excluding hydrogens is 303 g/mol. The molecule has 0 spiro atoms. The van der Waals surface area contributed by atoms with Crippen molar-refractivity contribution < 1.29 is 4.79 Å². The average Bonchev–Trinajstić information content (AvgIpc) is 3.12. The first-order valence-electron chi connectivity index (χ1n) is 7.06. The Morgan fingerprint density at radius 2 is 1.91 bits per heavy atom. The van der Waals surface area contributed by atoms with Crippen LogP contribution in [0.15, 0.2) is 41.5 Å². The summed E-state index contributed by atoms with van der Waals surface area (Å²) in [4.78, 5) is 33.3. The molecule has 23 heavy (non-hydrogen) atoms. The van der Waals surface area contributed by atoms with Crippen molar-refractivity contribution in [2.24, 2.45) is 0 Å². The van der Waals surface area contributed by atoms with Gasteiger partial charge in [-0.15, -0.1) is 0 Å². The van der Waals surface area contributed by atoms with Gasteiger partial charge >= 0.3 is 35.2 Å². The number of nitrogens with zero attached hydrogens (tertiary/aromatic N) is 2. The van der Waals surface area contributed by atoms with Crippen molar-refractivity contribution in [1.82, 2.24) is 19.5 Å². The minimum atomic E-state index is -0.356. The first kappa shape index (κ1) is 17.5. The zero-order valence-corrected chi connectivity index (χ0v) is 12.4. The normalized spacial score (nSPS) is 10.3. The predicted molar refractivity (Wildman–Crippen MR) is 89.7 cm³/mol. The van der Waals surface area contributed by atoms with Gasteiger partial charge in [0.2, 0.25) is 5.78 Å². The summed E-state index contributed by atoms with van der Waals surface area (Å²) in [7, 11) is 0. The second-order valence-corrected chi connectivity index (χ2v) is 5.01. The van der Waals surface area contributed by atoms with Crippen LogP contribution in [-0.4, -0.2) is 54.9 Å². The van der Waals surface area contributed by atoms with E-state index in [2.05, 4.69) is 15.0 Å². The first-order chi connectivity index (χ1) is 10.6. The Morgan fingerprint density at radius 3 is 2.48 bits per heavy atom. The fraction of sp³-hybridized carbons (Fsp3) is 0.188. The SMILES string of the molecule is CCc1[nH]c(=O)[nH]c1C(=O)c1ccc(-n2ccnc2C)cc1.[NaH]. The van der Waals surface area contributed by atoms with Gasteiger partial charge in [0.25, 0.3) is 0 Å². The molecule has 0 fully saturated rings. The molecular formula is C16H17N4NaO2. The van der Waals surface area contributed by atoms with Crippen LogP contribution in [-0.2, 0) is 6.42 Å². The number of rotatable bonds is 4. The third kappa shape index (κ3) is 3.39. The van der Waals surface area contributed by atoms with Crippen molar-refractivity contribution in [2.75, 3.05) is 0 Å². The fourth-order valence-corrected chi connectivity index (χ4v) is 2.45. The van der Waals surface area contributed by atoms with Crippen LogP contribution in [0, 0.1) is 6.92 Å². The van der Waals surface area contributed by atoms with E-state index in [1.54, 1.807) is 18.3 Å². The quantitative estimate of drug-likeness (QED) is 0.562. The van der Waals surface area contributed by atoms with Crippen molar-refractivity contribution in [1.29, 1.82) is 0 Å². The van der Waals surface area contributed by atoms with Crippen LogP contribution >= 0.6 is 0 Å². The molecule has 0 saturated heterocycles. The van der Waals surface area contributed by atoms with E-state index in [0.717, 1.165) is 11.5 Å². The summed E-state index contributed by atoms with van der Waals surface area (Å²) in [6.07, 6.45) is 4.18. The molecule has 0 saturated carbocycles. The van der Waals surface area contributed by atoms with Crippen molar-refractivity contribution in [2.45, 2.75) is 20.3 Å². The molecule has 1 aromatic carbocycles. The van der Waals surface area contributed by atoms with Crippen LogP contribution in [0.25, 0.3) is 5.69 Å². The van der Waals surface area contributed by atoms with Crippen LogP contribution in [0.1, 0.15) is 34.5 Å². The van der Waals surface area contributed by atoms with E-state index < -0.39 is 0 Å². The molecule has 0 aliphatic heterocycles. The molecule has 2 N–H and O–H groups in total. The Morgan fingerprint density at radius 1 is 1.22 bits per heavy atom. The van der Waals surface area contributed by atoms with Gasteiger partial charge in [-0.05, 0) is 37.6 Å². The number of carbonyl (C=O) groups is 1. The Balaban J connectivity index is 0.00000192. The zero-order chi connectivity index (χ0) is 15.7. The number of hydrogen-bond acceptors (Lipinski definition) is 3. The molecule has 0 amide bonds. The molecule has 6 nitrogen and oxygen atoms in total. The summed E-state index contributed by atoms with van der Waals surface area (Å²) in [6, 6.07) is 7.22. The van der Waals surface area contributed by atoms with Crippen molar-refractivity contribution in [3.8, 4) is 5.69 Å². The molecule has 7 heteroatoms. The van der Waals surface area contributed by atoms with Crippen molar-refractivity contribution >= 4 is 35.3 Å². The number of carbonyl (C=O) groups excluding carboxylic acids is 1. The van der Waals surface area contributed by atoms with Gasteiger partial charge in [0, 0.05) is 29.3 Å². The van der Waals surface area contributed by atoms with Gasteiger partial charge in [0.1, 0.15) is 11.5 Å². The van der Waals surface area contributed by atoms with Gasteiger partial charge in [-0.2, -0.15) is 0 Å². The molecule has 2 aromatic heterocycles. The average molecular weight is 320 g/mol. The van der Waals surface area contributed by atoms with Gasteiger partial charge < -0.3 is 14.5 Å². The minimum absolute atomic E-state index is 0. The number of imidazole rings is 2. The molecule has 0 aliphatic rings. The molecule has 3 rings (SSSR count). The molecule has 0 aliphatic carbocycles. The number of aromatic amines is 2. The second-order valence-electron chi connectivity index (χ2n) is 5.01. The number of H-pyrrole nitrogens is 2.